The lowest BCUT2D eigenvalue weighted by atomic mass is 10.1. The number of phenolic OH excluding ortho intramolecular Hbond substituents is 1. The minimum atomic E-state index is -0.110. The third kappa shape index (κ3) is 3.85. The minimum Gasteiger partial charge on any atom is -0.507 e. The van der Waals surface area contributed by atoms with Crippen LogP contribution in [0.4, 0.5) is 0 Å². The van der Waals surface area contributed by atoms with Gasteiger partial charge in [-0.2, -0.15) is 0 Å². The summed E-state index contributed by atoms with van der Waals surface area (Å²) in [6.07, 6.45) is 0. The van der Waals surface area contributed by atoms with Gasteiger partial charge in [0, 0.05) is 31.7 Å². The molecular weight excluding hydrogens is 340 g/mol. The predicted molar refractivity (Wildman–Crippen MR) is 81.6 cm³/mol. The van der Waals surface area contributed by atoms with Crippen LogP contribution in [0, 0.1) is 0 Å². The van der Waals surface area contributed by atoms with Crippen molar-refractivity contribution >= 4 is 27.7 Å². The number of carbonyl (C=O) groups is 1. The van der Waals surface area contributed by atoms with Gasteiger partial charge in [-0.25, -0.2) is 0 Å². The highest BCUT2D eigenvalue weighted by Gasteiger charge is 2.23. The highest BCUT2D eigenvalue weighted by Crippen LogP contribution is 2.25. The molecule has 1 fully saturated rings. The molecule has 0 spiro atoms. The fourth-order valence-corrected chi connectivity index (χ4v) is 2.44. The van der Waals surface area contributed by atoms with E-state index < -0.39 is 0 Å². The van der Waals surface area contributed by atoms with Crippen LogP contribution in [0.25, 0.3) is 0 Å². The molecular formula is C13H17BrN4O3. The maximum Gasteiger partial charge on any atom is 0.254 e. The number of amidine groups is 1. The first-order valence-electron chi connectivity index (χ1n) is 6.48. The first-order valence-corrected chi connectivity index (χ1v) is 7.27. The van der Waals surface area contributed by atoms with Crippen LogP contribution in [0.3, 0.4) is 0 Å². The van der Waals surface area contributed by atoms with E-state index in [1.54, 1.807) is 17.0 Å². The van der Waals surface area contributed by atoms with Gasteiger partial charge in [-0.05, 0) is 34.1 Å². The first kappa shape index (κ1) is 15.6. The molecule has 21 heavy (non-hydrogen) atoms. The summed E-state index contributed by atoms with van der Waals surface area (Å²) in [7, 11) is 0. The van der Waals surface area contributed by atoms with Crippen LogP contribution in [0.1, 0.15) is 10.4 Å². The zero-order valence-electron chi connectivity index (χ0n) is 11.4. The van der Waals surface area contributed by atoms with Crippen LogP contribution in [0.15, 0.2) is 27.8 Å². The molecule has 7 nitrogen and oxygen atoms in total. The van der Waals surface area contributed by atoms with Crippen LogP contribution in [-0.2, 0) is 0 Å². The SMILES string of the molecule is N/C(CN1CCN(C(=O)c2ccc(Br)c(O)c2)CC1)=N/O. The zero-order chi connectivity index (χ0) is 15.4. The summed E-state index contributed by atoms with van der Waals surface area (Å²) in [5.74, 6) is 0.0975. The Hall–Kier alpha value is -1.80. The predicted octanol–water partition coefficient (Wildman–Crippen LogP) is 0.659. The van der Waals surface area contributed by atoms with Crippen LogP contribution in [0.5, 0.6) is 5.75 Å². The van der Waals surface area contributed by atoms with Crippen LogP contribution in [0.2, 0.25) is 0 Å². The Kier molecular flexibility index (Phi) is 5.03. The maximum absolute atomic E-state index is 12.3. The number of phenols is 1. The van der Waals surface area contributed by atoms with Gasteiger partial charge in [-0.3, -0.25) is 9.69 Å². The average Bonchev–Trinajstić information content (AvgIpc) is 2.50. The van der Waals surface area contributed by atoms with Crippen molar-refractivity contribution in [2.45, 2.75) is 0 Å². The molecule has 1 aliphatic heterocycles. The number of rotatable bonds is 3. The molecule has 2 rings (SSSR count). The molecule has 0 aliphatic carbocycles. The van der Waals surface area contributed by atoms with E-state index in [1.807, 2.05) is 4.90 Å². The summed E-state index contributed by atoms with van der Waals surface area (Å²) in [6, 6.07) is 4.78. The van der Waals surface area contributed by atoms with E-state index in [0.29, 0.717) is 42.8 Å². The number of oxime groups is 1. The van der Waals surface area contributed by atoms with Gasteiger partial charge in [-0.15, -0.1) is 0 Å². The Balaban J connectivity index is 1.95. The smallest absolute Gasteiger partial charge is 0.254 e. The van der Waals surface area contributed by atoms with Gasteiger partial charge in [0.15, 0.2) is 5.84 Å². The molecule has 1 amide bonds. The van der Waals surface area contributed by atoms with Gasteiger partial charge in [0.1, 0.15) is 5.75 Å². The highest BCUT2D eigenvalue weighted by molar-refractivity contribution is 9.10. The molecule has 4 N–H and O–H groups in total. The van der Waals surface area contributed by atoms with E-state index in [4.69, 9.17) is 10.9 Å². The fraction of sp³-hybridized carbons (Fsp3) is 0.385. The summed E-state index contributed by atoms with van der Waals surface area (Å²) in [6.45, 7) is 2.83. The number of nitrogens with two attached hydrogens (primary N) is 1. The Labute approximate surface area is 130 Å². The molecule has 1 aliphatic rings. The largest absolute Gasteiger partial charge is 0.507 e. The quantitative estimate of drug-likeness (QED) is 0.319. The lowest BCUT2D eigenvalue weighted by molar-refractivity contribution is 0.0653. The second-order valence-electron chi connectivity index (χ2n) is 4.83. The fourth-order valence-electron chi connectivity index (χ4n) is 2.20. The van der Waals surface area contributed by atoms with Crippen LogP contribution >= 0.6 is 15.9 Å². The summed E-state index contributed by atoms with van der Waals surface area (Å²) >= 11 is 3.19. The molecule has 1 aromatic carbocycles. The molecule has 0 aromatic heterocycles. The Bertz CT molecular complexity index is 556. The average molecular weight is 357 g/mol. The number of aromatic hydroxyl groups is 1. The molecule has 0 atom stereocenters. The Morgan fingerprint density at radius 1 is 1.33 bits per heavy atom. The standard InChI is InChI=1S/C13H17BrN4O3/c14-10-2-1-9(7-11(10)19)13(20)18-5-3-17(4-6-18)8-12(15)16-21/h1-2,7,19,21H,3-6,8H2,(H2,15,16). The zero-order valence-corrected chi connectivity index (χ0v) is 13.0. The molecule has 8 heteroatoms. The topological polar surface area (TPSA) is 102 Å². The van der Waals surface area contributed by atoms with Gasteiger partial charge in [0.2, 0.25) is 0 Å². The van der Waals surface area contributed by atoms with E-state index in [0.717, 1.165) is 0 Å². The number of nitrogens with zero attached hydrogens (tertiary/aromatic N) is 3. The lowest BCUT2D eigenvalue weighted by Crippen LogP contribution is -2.50. The van der Waals surface area contributed by atoms with Crippen molar-refractivity contribution in [3.05, 3.63) is 28.2 Å². The molecule has 1 saturated heterocycles. The molecule has 0 bridgehead atoms. The number of piperazine rings is 1. The van der Waals surface area contributed by atoms with Gasteiger partial charge in [-0.1, -0.05) is 5.16 Å². The third-order valence-electron chi connectivity index (χ3n) is 3.37. The van der Waals surface area contributed by atoms with Crippen molar-refractivity contribution in [1.29, 1.82) is 0 Å². The van der Waals surface area contributed by atoms with Crippen molar-refractivity contribution in [2.75, 3.05) is 32.7 Å². The molecule has 114 valence electrons. The number of carbonyl (C=O) groups excluding carboxylic acids is 1. The number of hydrogen-bond donors (Lipinski definition) is 3. The van der Waals surface area contributed by atoms with E-state index >= 15 is 0 Å². The van der Waals surface area contributed by atoms with Crippen molar-refractivity contribution in [3.63, 3.8) is 0 Å². The first-order chi connectivity index (χ1) is 10.0. The molecule has 0 unspecified atom stereocenters. The van der Waals surface area contributed by atoms with Gasteiger partial charge < -0.3 is 20.9 Å². The molecule has 1 heterocycles. The Morgan fingerprint density at radius 2 is 2.00 bits per heavy atom. The van der Waals surface area contributed by atoms with Gasteiger partial charge in [0.05, 0.1) is 11.0 Å². The second-order valence-corrected chi connectivity index (χ2v) is 5.68. The van der Waals surface area contributed by atoms with Gasteiger partial charge >= 0.3 is 0 Å². The van der Waals surface area contributed by atoms with Crippen molar-refractivity contribution in [1.82, 2.24) is 9.80 Å². The third-order valence-corrected chi connectivity index (χ3v) is 4.04. The van der Waals surface area contributed by atoms with E-state index in [1.165, 1.54) is 6.07 Å². The molecule has 0 radical (unpaired) electrons. The summed E-state index contributed by atoms with van der Waals surface area (Å²) in [4.78, 5) is 16.1. The van der Waals surface area contributed by atoms with E-state index in [9.17, 15) is 9.90 Å². The van der Waals surface area contributed by atoms with Gasteiger partial charge in [0.25, 0.3) is 5.91 Å². The monoisotopic (exact) mass is 356 g/mol. The molecule has 0 saturated carbocycles. The minimum absolute atomic E-state index is 0.0476. The summed E-state index contributed by atoms with van der Waals surface area (Å²) in [5.41, 5.74) is 5.92. The summed E-state index contributed by atoms with van der Waals surface area (Å²) < 4.78 is 0.558. The number of halogens is 1. The van der Waals surface area contributed by atoms with E-state index in [2.05, 4.69) is 21.1 Å². The van der Waals surface area contributed by atoms with E-state index in [-0.39, 0.29) is 17.5 Å². The summed E-state index contributed by atoms with van der Waals surface area (Å²) in [5, 5.41) is 21.1. The molecule has 1 aromatic rings. The van der Waals surface area contributed by atoms with Crippen LogP contribution in [-0.4, -0.2) is 64.6 Å². The van der Waals surface area contributed by atoms with Crippen molar-refractivity contribution in [2.24, 2.45) is 10.9 Å². The highest BCUT2D eigenvalue weighted by atomic mass is 79.9. The van der Waals surface area contributed by atoms with Crippen molar-refractivity contribution < 1.29 is 15.1 Å². The number of amides is 1. The maximum atomic E-state index is 12.3. The second kappa shape index (κ2) is 6.77. The normalized spacial score (nSPS) is 17.0. The number of benzene rings is 1. The van der Waals surface area contributed by atoms with Crippen LogP contribution < -0.4 is 5.73 Å². The number of hydrogen-bond acceptors (Lipinski definition) is 5. The lowest BCUT2D eigenvalue weighted by Gasteiger charge is -2.34. The van der Waals surface area contributed by atoms with Crippen molar-refractivity contribution in [3.8, 4) is 5.75 Å². The Morgan fingerprint density at radius 3 is 2.57 bits per heavy atom.